The van der Waals surface area contributed by atoms with Crippen LogP contribution in [0, 0.1) is 18.3 Å². The number of hydrogen-bond acceptors (Lipinski definition) is 6. The Kier molecular flexibility index (Phi) is 5.83. The van der Waals surface area contributed by atoms with Crippen molar-refractivity contribution in [1.82, 2.24) is 0 Å². The summed E-state index contributed by atoms with van der Waals surface area (Å²) in [6, 6.07) is 20.9. The van der Waals surface area contributed by atoms with Crippen LogP contribution < -0.4 is 19.7 Å². The number of amides is 2. The number of methoxy groups -OCH3 is 2. The summed E-state index contributed by atoms with van der Waals surface area (Å²) >= 11 is 0. The zero-order chi connectivity index (χ0) is 23.5. The SMILES string of the molecule is COc1ccc(C2=C(Nc3ccc(C)cc3)C(=O)N(c3ccc(C#N)cc3)C2=O)cc1OC. The maximum Gasteiger partial charge on any atom is 0.282 e. The number of nitrogens with one attached hydrogen (secondary N) is 1. The van der Waals surface area contributed by atoms with Gasteiger partial charge in [0.05, 0.1) is 37.1 Å². The average Bonchev–Trinajstić information content (AvgIpc) is 3.09. The van der Waals surface area contributed by atoms with E-state index in [9.17, 15) is 9.59 Å². The number of nitrogens with zero attached hydrogens (tertiary/aromatic N) is 2. The van der Waals surface area contributed by atoms with Crippen LogP contribution in [0.1, 0.15) is 16.7 Å². The third kappa shape index (κ3) is 4.02. The second kappa shape index (κ2) is 8.89. The normalized spacial score (nSPS) is 13.2. The number of imide groups is 1. The van der Waals surface area contributed by atoms with Crippen molar-refractivity contribution in [3.63, 3.8) is 0 Å². The lowest BCUT2D eigenvalue weighted by Gasteiger charge is -2.15. The van der Waals surface area contributed by atoms with Crippen molar-refractivity contribution in [1.29, 1.82) is 5.26 Å². The molecule has 3 aromatic rings. The molecule has 2 amide bonds. The molecular formula is C26H21N3O4. The fourth-order valence-electron chi connectivity index (χ4n) is 3.61. The maximum absolute atomic E-state index is 13.6. The fourth-order valence-corrected chi connectivity index (χ4v) is 3.61. The highest BCUT2D eigenvalue weighted by atomic mass is 16.5. The van der Waals surface area contributed by atoms with Gasteiger partial charge in [0.15, 0.2) is 11.5 Å². The Bertz CT molecular complexity index is 1300. The van der Waals surface area contributed by atoms with Crippen molar-refractivity contribution < 1.29 is 19.1 Å². The number of nitriles is 1. The van der Waals surface area contributed by atoms with Gasteiger partial charge < -0.3 is 14.8 Å². The van der Waals surface area contributed by atoms with Gasteiger partial charge in [-0.1, -0.05) is 23.8 Å². The molecule has 0 radical (unpaired) electrons. The van der Waals surface area contributed by atoms with Crippen LogP contribution in [0.15, 0.2) is 72.4 Å². The van der Waals surface area contributed by atoms with Gasteiger partial charge in [0, 0.05) is 5.69 Å². The second-order valence-electron chi connectivity index (χ2n) is 7.42. The third-order valence-corrected chi connectivity index (χ3v) is 5.33. The first-order valence-electron chi connectivity index (χ1n) is 10.2. The van der Waals surface area contributed by atoms with Gasteiger partial charge in [-0.3, -0.25) is 9.59 Å². The van der Waals surface area contributed by atoms with Crippen molar-refractivity contribution in [3.05, 3.63) is 89.1 Å². The van der Waals surface area contributed by atoms with E-state index in [1.54, 1.807) is 42.5 Å². The zero-order valence-corrected chi connectivity index (χ0v) is 18.4. The molecule has 3 aromatic carbocycles. The lowest BCUT2D eigenvalue weighted by atomic mass is 10.0. The molecule has 164 valence electrons. The molecule has 0 aromatic heterocycles. The van der Waals surface area contributed by atoms with Gasteiger partial charge in [0.2, 0.25) is 0 Å². The van der Waals surface area contributed by atoms with E-state index >= 15 is 0 Å². The predicted octanol–water partition coefficient (Wildman–Crippen LogP) is 4.28. The minimum absolute atomic E-state index is 0.153. The van der Waals surface area contributed by atoms with E-state index in [4.69, 9.17) is 14.7 Å². The molecule has 1 heterocycles. The number of carbonyl (C=O) groups excluding carboxylic acids is 2. The standard InChI is InChI=1S/C26H21N3O4/c1-16-4-9-19(10-5-16)28-24-23(18-8-13-21(32-2)22(14-18)33-3)25(30)29(26(24)31)20-11-6-17(15-27)7-12-20/h4-14,28H,1-3H3. The molecule has 1 aliphatic heterocycles. The molecule has 0 saturated carbocycles. The Labute approximate surface area is 191 Å². The monoisotopic (exact) mass is 439 g/mol. The number of ether oxygens (including phenoxy) is 2. The van der Waals surface area contributed by atoms with Gasteiger partial charge in [-0.2, -0.15) is 5.26 Å². The van der Waals surface area contributed by atoms with Crippen LogP contribution >= 0.6 is 0 Å². The van der Waals surface area contributed by atoms with Crippen LogP contribution in [0.25, 0.3) is 5.57 Å². The van der Waals surface area contributed by atoms with E-state index in [1.807, 2.05) is 37.3 Å². The van der Waals surface area contributed by atoms with Crippen molar-refractivity contribution in [2.75, 3.05) is 24.4 Å². The van der Waals surface area contributed by atoms with Crippen LogP contribution in [0.3, 0.4) is 0 Å². The summed E-state index contributed by atoms with van der Waals surface area (Å²) in [6.45, 7) is 1.97. The number of anilines is 2. The molecule has 4 rings (SSSR count). The van der Waals surface area contributed by atoms with Crippen LogP contribution in [0.2, 0.25) is 0 Å². The van der Waals surface area contributed by atoms with E-state index in [0.717, 1.165) is 10.5 Å². The van der Waals surface area contributed by atoms with Crippen LogP contribution in [0.5, 0.6) is 11.5 Å². The maximum atomic E-state index is 13.6. The third-order valence-electron chi connectivity index (χ3n) is 5.33. The highest BCUT2D eigenvalue weighted by Crippen LogP contribution is 2.37. The summed E-state index contributed by atoms with van der Waals surface area (Å²) in [5.74, 6) is -0.0218. The molecule has 0 saturated heterocycles. The van der Waals surface area contributed by atoms with Gasteiger partial charge in [-0.15, -0.1) is 0 Å². The zero-order valence-electron chi connectivity index (χ0n) is 18.4. The Morgan fingerprint density at radius 1 is 0.848 bits per heavy atom. The first kappa shape index (κ1) is 21.7. The van der Waals surface area contributed by atoms with Gasteiger partial charge in [-0.25, -0.2) is 4.90 Å². The van der Waals surface area contributed by atoms with E-state index in [2.05, 4.69) is 5.32 Å². The highest BCUT2D eigenvalue weighted by molar-refractivity contribution is 6.46. The molecule has 0 aliphatic carbocycles. The number of rotatable bonds is 6. The summed E-state index contributed by atoms with van der Waals surface area (Å²) < 4.78 is 10.7. The van der Waals surface area contributed by atoms with Crippen LogP contribution in [-0.2, 0) is 9.59 Å². The molecule has 0 atom stereocenters. The Balaban J connectivity index is 1.83. The second-order valence-corrected chi connectivity index (χ2v) is 7.42. The van der Waals surface area contributed by atoms with Gasteiger partial charge in [0.25, 0.3) is 11.8 Å². The van der Waals surface area contributed by atoms with Crippen LogP contribution in [0.4, 0.5) is 11.4 Å². The summed E-state index contributed by atoms with van der Waals surface area (Å²) in [5.41, 5.74) is 3.44. The Hall–Kier alpha value is -4.57. The number of hydrogen-bond donors (Lipinski definition) is 1. The topological polar surface area (TPSA) is 91.7 Å². The largest absolute Gasteiger partial charge is 0.493 e. The fraction of sp³-hybridized carbons (Fsp3) is 0.115. The molecule has 7 nitrogen and oxygen atoms in total. The van der Waals surface area contributed by atoms with Crippen molar-refractivity contribution in [2.45, 2.75) is 6.92 Å². The van der Waals surface area contributed by atoms with Crippen LogP contribution in [-0.4, -0.2) is 26.0 Å². The molecule has 0 fully saturated rings. The van der Waals surface area contributed by atoms with E-state index in [1.165, 1.54) is 14.2 Å². The van der Waals surface area contributed by atoms with Crippen molar-refractivity contribution >= 4 is 28.8 Å². The lowest BCUT2D eigenvalue weighted by molar-refractivity contribution is -0.120. The Morgan fingerprint density at radius 3 is 2.12 bits per heavy atom. The highest BCUT2D eigenvalue weighted by Gasteiger charge is 2.40. The summed E-state index contributed by atoms with van der Waals surface area (Å²) in [5, 5.41) is 12.2. The molecule has 0 spiro atoms. The number of carbonyl (C=O) groups is 2. The number of aryl methyl sites for hydroxylation is 1. The molecule has 0 bridgehead atoms. The summed E-state index contributed by atoms with van der Waals surface area (Å²) in [6.07, 6.45) is 0. The first-order valence-corrected chi connectivity index (χ1v) is 10.2. The minimum atomic E-state index is -0.491. The molecule has 1 aliphatic rings. The van der Waals surface area contributed by atoms with E-state index in [-0.39, 0.29) is 11.3 Å². The van der Waals surface area contributed by atoms with E-state index < -0.39 is 11.8 Å². The summed E-state index contributed by atoms with van der Waals surface area (Å²) in [4.78, 5) is 28.1. The quantitative estimate of drug-likeness (QED) is 0.577. The average molecular weight is 439 g/mol. The first-order chi connectivity index (χ1) is 16.0. The molecule has 7 heteroatoms. The Morgan fingerprint density at radius 2 is 1.52 bits per heavy atom. The smallest absolute Gasteiger partial charge is 0.282 e. The molecule has 1 N–H and O–H groups in total. The van der Waals surface area contributed by atoms with Crippen molar-refractivity contribution in [2.24, 2.45) is 0 Å². The van der Waals surface area contributed by atoms with E-state index in [0.29, 0.717) is 34.0 Å². The minimum Gasteiger partial charge on any atom is -0.493 e. The van der Waals surface area contributed by atoms with Crippen molar-refractivity contribution in [3.8, 4) is 17.6 Å². The van der Waals surface area contributed by atoms with Gasteiger partial charge >= 0.3 is 0 Å². The number of benzene rings is 3. The molecule has 33 heavy (non-hydrogen) atoms. The van der Waals surface area contributed by atoms with Gasteiger partial charge in [0.1, 0.15) is 5.70 Å². The molecule has 0 unspecified atom stereocenters. The molecular weight excluding hydrogens is 418 g/mol. The summed E-state index contributed by atoms with van der Waals surface area (Å²) in [7, 11) is 3.03. The predicted molar refractivity (Wildman–Crippen MR) is 125 cm³/mol. The lowest BCUT2D eigenvalue weighted by Crippen LogP contribution is -2.32. The van der Waals surface area contributed by atoms with Gasteiger partial charge in [-0.05, 0) is 61.0 Å².